The number of carbonyl (C=O) groups is 1. The molecule has 0 amide bonds. The lowest BCUT2D eigenvalue weighted by Crippen LogP contribution is -2.14. The van der Waals surface area contributed by atoms with E-state index in [1.165, 1.54) is 24.3 Å². The minimum Gasteiger partial charge on any atom is -0.453 e. The third kappa shape index (κ3) is 5.58. The van der Waals surface area contributed by atoms with Gasteiger partial charge in [0.25, 0.3) is 0 Å². The summed E-state index contributed by atoms with van der Waals surface area (Å²) in [5.41, 5.74) is 4.43. The first-order chi connectivity index (χ1) is 20.1. The van der Waals surface area contributed by atoms with Crippen LogP contribution in [-0.4, -0.2) is 16.1 Å². The van der Waals surface area contributed by atoms with Gasteiger partial charge in [-0.1, -0.05) is 27.7 Å². The van der Waals surface area contributed by atoms with Crippen molar-refractivity contribution in [3.63, 3.8) is 0 Å². The summed E-state index contributed by atoms with van der Waals surface area (Å²) < 4.78 is 22.7. The number of carbonyl (C=O) groups excluding carboxylic acids is 1. The van der Waals surface area contributed by atoms with Crippen molar-refractivity contribution in [3.05, 3.63) is 92.2 Å². The fourth-order valence-electron chi connectivity index (χ4n) is 5.03. The van der Waals surface area contributed by atoms with Crippen LogP contribution in [0.3, 0.4) is 0 Å². The van der Waals surface area contributed by atoms with E-state index in [0.717, 1.165) is 11.1 Å². The van der Waals surface area contributed by atoms with Gasteiger partial charge in [-0.15, -0.1) is 0 Å². The molecule has 0 aromatic heterocycles. The van der Waals surface area contributed by atoms with Crippen molar-refractivity contribution in [2.24, 2.45) is 11.8 Å². The molecule has 42 heavy (non-hydrogen) atoms. The maximum absolute atomic E-state index is 12.6. The molecule has 212 valence electrons. The maximum Gasteiger partial charge on any atom is 0.519 e. The van der Waals surface area contributed by atoms with Gasteiger partial charge in [-0.25, -0.2) is 14.8 Å². The molecular weight excluding hydrogens is 536 g/mol. The molecule has 9 heteroatoms. The van der Waals surface area contributed by atoms with Crippen molar-refractivity contribution in [2.45, 2.75) is 40.5 Å². The van der Waals surface area contributed by atoms with Gasteiger partial charge in [-0.2, -0.15) is 0 Å². The molecule has 0 saturated carbocycles. The van der Waals surface area contributed by atoms with Crippen LogP contribution in [0.4, 0.5) is 4.79 Å². The van der Waals surface area contributed by atoms with Gasteiger partial charge in [0.2, 0.25) is 0 Å². The average Bonchev–Trinajstić information content (AvgIpc) is 2.90. The molecule has 0 unspecified atom stereocenters. The van der Waals surface area contributed by atoms with Crippen molar-refractivity contribution in [1.29, 1.82) is 0 Å². The van der Waals surface area contributed by atoms with Crippen LogP contribution in [0, 0.1) is 11.8 Å². The van der Waals surface area contributed by atoms with Gasteiger partial charge in [0.05, 0.1) is 0 Å². The third-order valence-electron chi connectivity index (χ3n) is 6.68. The van der Waals surface area contributed by atoms with E-state index in [2.05, 4.69) is 27.7 Å². The summed E-state index contributed by atoms with van der Waals surface area (Å²) in [5.74, 6) is 1.77. The predicted molar refractivity (Wildman–Crippen MR) is 158 cm³/mol. The van der Waals surface area contributed by atoms with Crippen LogP contribution in [0.15, 0.2) is 79.1 Å². The normalized spacial score (nSPS) is 11.8. The Morgan fingerprint density at radius 2 is 1.10 bits per heavy atom. The van der Waals surface area contributed by atoms with Crippen molar-refractivity contribution >= 4 is 28.4 Å². The molecule has 2 heterocycles. The lowest BCUT2D eigenvalue weighted by Gasteiger charge is -2.13. The molecule has 9 nitrogen and oxygen atoms in total. The van der Waals surface area contributed by atoms with Crippen molar-refractivity contribution in [2.75, 3.05) is 0 Å². The summed E-state index contributed by atoms with van der Waals surface area (Å²) in [6, 6.07) is 15.5. The Hall–Kier alpha value is -5.05. The number of fused-ring (bicyclic) bond motifs is 4. The summed E-state index contributed by atoms with van der Waals surface area (Å²) in [4.78, 5) is 46.5. The number of hydrogen-bond acceptors (Lipinski definition) is 9. The zero-order chi connectivity index (χ0) is 29.5. The quantitative estimate of drug-likeness (QED) is 0.121. The second-order valence-electron chi connectivity index (χ2n) is 11.2. The monoisotopic (exact) mass is 564 g/mol. The second-order valence-corrected chi connectivity index (χ2v) is 11.2. The molecule has 0 spiro atoms. The predicted octanol–water partition coefficient (Wildman–Crippen LogP) is 6.87. The Bertz CT molecular complexity index is 1880. The highest BCUT2D eigenvalue weighted by atomic mass is 16.7. The fourth-order valence-corrected chi connectivity index (χ4v) is 5.03. The highest BCUT2D eigenvalue weighted by Gasteiger charge is 2.19. The Morgan fingerprint density at radius 3 is 1.50 bits per heavy atom. The molecule has 0 atom stereocenters. The number of ether oxygens (including phenoxy) is 2. The largest absolute Gasteiger partial charge is 0.519 e. The average molecular weight is 565 g/mol. The molecule has 6 rings (SSSR count). The number of aromatic nitrogens is 2. The Balaban J connectivity index is 1.25. The van der Waals surface area contributed by atoms with Crippen LogP contribution in [0.2, 0.25) is 0 Å². The van der Waals surface area contributed by atoms with E-state index in [1.54, 1.807) is 36.4 Å². The number of hydrogen-bond donors (Lipinski definition) is 0. The van der Waals surface area contributed by atoms with E-state index in [1.807, 2.05) is 0 Å². The number of rotatable bonds is 6. The van der Waals surface area contributed by atoms with E-state index in [4.69, 9.17) is 28.3 Å². The SMILES string of the molecule is CC(C)Cc1cc(=O)cc2oc3cc(OC(=O)Oc4ccc5nc6c(CC(C)C)cc(=O)cc-6oc5c4)ccc3nc1-2. The number of nitrogens with zero attached hydrogens (tertiary/aromatic N) is 2. The molecule has 2 aromatic carbocycles. The fraction of sp³-hybridized carbons (Fsp3) is 0.242. The van der Waals surface area contributed by atoms with Crippen molar-refractivity contribution in [3.8, 4) is 34.4 Å². The highest BCUT2D eigenvalue weighted by molar-refractivity contribution is 5.81. The Morgan fingerprint density at radius 1 is 0.667 bits per heavy atom. The Labute approximate surface area is 240 Å². The molecule has 0 fully saturated rings. The molecule has 0 N–H and O–H groups in total. The minimum absolute atomic E-state index is 0.159. The zero-order valence-corrected chi connectivity index (χ0v) is 23.6. The van der Waals surface area contributed by atoms with Crippen LogP contribution in [0.25, 0.3) is 45.1 Å². The first-order valence-electron chi connectivity index (χ1n) is 13.8. The standard InChI is InChI=1S/C33H28N2O7/c1-17(2)9-19-11-21(36)13-29-31(19)34-25-7-5-23(15-27(25)41-29)39-33(38)40-24-6-8-26-28(16-24)42-30-14-22(37)12-20(10-18(3)4)32(30)35-26/h5-8,11-18H,9-10H2,1-4H3. The lowest BCUT2D eigenvalue weighted by molar-refractivity contribution is 0.152. The lowest BCUT2D eigenvalue weighted by atomic mass is 9.99. The summed E-state index contributed by atoms with van der Waals surface area (Å²) in [6.45, 7) is 8.29. The first kappa shape index (κ1) is 27.1. The van der Waals surface area contributed by atoms with Gasteiger partial charge in [0.1, 0.15) is 33.9 Å². The van der Waals surface area contributed by atoms with Gasteiger partial charge >= 0.3 is 6.16 Å². The third-order valence-corrected chi connectivity index (χ3v) is 6.68. The van der Waals surface area contributed by atoms with E-state index < -0.39 is 6.16 Å². The topological polar surface area (TPSA) is 122 Å². The smallest absolute Gasteiger partial charge is 0.453 e. The summed E-state index contributed by atoms with van der Waals surface area (Å²) >= 11 is 0. The zero-order valence-electron chi connectivity index (χ0n) is 23.6. The molecule has 2 aliphatic carbocycles. The molecule has 4 aliphatic rings. The molecule has 2 aromatic rings. The molecule has 2 aliphatic heterocycles. The highest BCUT2D eigenvalue weighted by Crippen LogP contribution is 2.32. The summed E-state index contributed by atoms with van der Waals surface area (Å²) in [6.07, 6.45) is 0.417. The van der Waals surface area contributed by atoms with Crippen LogP contribution in [-0.2, 0) is 12.8 Å². The minimum atomic E-state index is -0.974. The van der Waals surface area contributed by atoms with Crippen LogP contribution < -0.4 is 20.3 Å². The molecule has 0 radical (unpaired) electrons. The van der Waals surface area contributed by atoms with Crippen molar-refractivity contribution < 1.29 is 23.1 Å². The molecule has 0 saturated heterocycles. The molecule has 0 bridgehead atoms. The summed E-state index contributed by atoms with van der Waals surface area (Å²) in [7, 11) is 0. The van der Waals surface area contributed by atoms with Gasteiger partial charge < -0.3 is 18.3 Å². The van der Waals surface area contributed by atoms with Gasteiger partial charge in [-0.3, -0.25) is 9.59 Å². The number of benzene rings is 4. The van der Waals surface area contributed by atoms with Gasteiger partial charge in [-0.05, 0) is 72.2 Å². The van der Waals surface area contributed by atoms with E-state index in [9.17, 15) is 14.4 Å². The summed E-state index contributed by atoms with van der Waals surface area (Å²) in [5, 5.41) is 0. The molecular formula is C33H28N2O7. The van der Waals surface area contributed by atoms with Crippen LogP contribution in [0.1, 0.15) is 38.8 Å². The van der Waals surface area contributed by atoms with Crippen molar-refractivity contribution in [1.82, 2.24) is 9.97 Å². The van der Waals surface area contributed by atoms with Gasteiger partial charge in [0, 0.05) is 24.3 Å². The van der Waals surface area contributed by atoms with E-state index >= 15 is 0 Å². The van der Waals surface area contributed by atoms with Gasteiger partial charge in [0.15, 0.2) is 33.5 Å². The van der Waals surface area contributed by atoms with E-state index in [0.29, 0.717) is 69.8 Å². The second kappa shape index (κ2) is 10.7. The van der Waals surface area contributed by atoms with E-state index in [-0.39, 0.29) is 22.4 Å². The van der Waals surface area contributed by atoms with Crippen LogP contribution in [0.5, 0.6) is 11.5 Å². The maximum atomic E-state index is 12.6. The first-order valence-corrected chi connectivity index (χ1v) is 13.8. The Kier molecular flexibility index (Phi) is 6.94. The van der Waals surface area contributed by atoms with Crippen LogP contribution >= 0.6 is 0 Å².